The zero-order valence-corrected chi connectivity index (χ0v) is 34.6. The van der Waals surface area contributed by atoms with Crippen molar-refractivity contribution in [2.45, 2.75) is 187 Å². The highest BCUT2D eigenvalue weighted by Gasteiger charge is 2.26. The van der Waals surface area contributed by atoms with Crippen molar-refractivity contribution in [3.63, 3.8) is 0 Å². The van der Waals surface area contributed by atoms with E-state index >= 15 is 0 Å². The van der Waals surface area contributed by atoms with Crippen molar-refractivity contribution in [1.82, 2.24) is 0 Å². The molecule has 10 heteroatoms. The van der Waals surface area contributed by atoms with Crippen LogP contribution in [0, 0.1) is 0 Å². The highest BCUT2D eigenvalue weighted by molar-refractivity contribution is 7.47. The van der Waals surface area contributed by atoms with E-state index in [1.807, 2.05) is 0 Å². The second kappa shape index (κ2) is 39.7. The molecule has 0 spiro atoms. The number of hydrogen-bond acceptors (Lipinski definition) is 8. The summed E-state index contributed by atoms with van der Waals surface area (Å²) < 4.78 is 32.7. The number of carbonyl (C=O) groups excluding carboxylic acids is 2. The normalized spacial score (nSPS) is 13.8. The molecule has 2 atom stereocenters. The molecule has 0 aliphatic rings. The van der Waals surface area contributed by atoms with Gasteiger partial charge in [-0.25, -0.2) is 4.57 Å². The van der Waals surface area contributed by atoms with E-state index in [-0.39, 0.29) is 32.6 Å². The van der Waals surface area contributed by atoms with E-state index in [0.717, 1.165) is 89.9 Å². The van der Waals surface area contributed by atoms with Gasteiger partial charge in [-0.05, 0) is 77.0 Å². The minimum atomic E-state index is -4.38. The third kappa shape index (κ3) is 39.5. The van der Waals surface area contributed by atoms with E-state index in [0.29, 0.717) is 6.42 Å². The van der Waals surface area contributed by atoms with E-state index in [1.54, 1.807) is 0 Å². The van der Waals surface area contributed by atoms with Crippen LogP contribution in [0.3, 0.4) is 0 Å². The maximum atomic E-state index is 12.6. The van der Waals surface area contributed by atoms with Gasteiger partial charge in [0, 0.05) is 19.4 Å². The first kappa shape index (κ1) is 51.0. The highest BCUT2D eigenvalue weighted by Crippen LogP contribution is 2.43. The third-order valence-corrected chi connectivity index (χ3v) is 9.67. The van der Waals surface area contributed by atoms with Crippen LogP contribution in [0.1, 0.15) is 181 Å². The standard InChI is InChI=1S/C43H78NO8P/c1-3-5-7-9-11-13-15-17-18-19-20-21-22-24-26-28-30-32-34-36-43(46)52-41(40-51-53(47,48)50-38-37-44)39-49-42(45)35-33-31-29-27-25-23-16-14-12-10-8-6-4-2/h11,13-14,16-18,20-21,41H,3-10,12,15,19,22-40,44H2,1-2H3,(H,47,48)/b13-11-,16-14-,18-17-,21-20-/t41-/m1/s1. The van der Waals surface area contributed by atoms with Crippen LogP contribution in [0.4, 0.5) is 0 Å². The van der Waals surface area contributed by atoms with E-state index < -0.39 is 32.5 Å². The lowest BCUT2D eigenvalue weighted by molar-refractivity contribution is -0.161. The molecule has 0 bridgehead atoms. The molecule has 0 amide bonds. The van der Waals surface area contributed by atoms with Crippen molar-refractivity contribution in [2.24, 2.45) is 5.73 Å². The van der Waals surface area contributed by atoms with Gasteiger partial charge in [0.05, 0.1) is 13.2 Å². The van der Waals surface area contributed by atoms with Crippen molar-refractivity contribution in [3.05, 3.63) is 48.6 Å². The predicted molar refractivity (Wildman–Crippen MR) is 220 cm³/mol. The van der Waals surface area contributed by atoms with Crippen molar-refractivity contribution in [3.8, 4) is 0 Å². The third-order valence-electron chi connectivity index (χ3n) is 8.69. The Bertz CT molecular complexity index is 1010. The fourth-order valence-corrected chi connectivity index (χ4v) is 6.28. The van der Waals surface area contributed by atoms with E-state index in [9.17, 15) is 19.0 Å². The average molecular weight is 768 g/mol. The van der Waals surface area contributed by atoms with Gasteiger partial charge in [-0.3, -0.25) is 18.6 Å². The fraction of sp³-hybridized carbons (Fsp3) is 0.767. The second-order valence-electron chi connectivity index (χ2n) is 13.8. The van der Waals surface area contributed by atoms with Crippen LogP contribution >= 0.6 is 7.82 Å². The summed E-state index contributed by atoms with van der Waals surface area (Å²) in [6.45, 7) is 3.66. The summed E-state index contributed by atoms with van der Waals surface area (Å²) in [5, 5.41) is 0. The molecule has 0 saturated heterocycles. The van der Waals surface area contributed by atoms with Gasteiger partial charge in [0.15, 0.2) is 6.10 Å². The summed E-state index contributed by atoms with van der Waals surface area (Å²) in [7, 11) is -4.38. The van der Waals surface area contributed by atoms with Gasteiger partial charge >= 0.3 is 19.8 Å². The zero-order chi connectivity index (χ0) is 38.9. The van der Waals surface area contributed by atoms with Crippen LogP contribution in [0.25, 0.3) is 0 Å². The Kier molecular flexibility index (Phi) is 38.1. The summed E-state index contributed by atoms with van der Waals surface area (Å²) in [6, 6.07) is 0. The van der Waals surface area contributed by atoms with Gasteiger partial charge < -0.3 is 20.1 Å². The van der Waals surface area contributed by atoms with E-state index in [2.05, 4.69) is 62.5 Å². The van der Waals surface area contributed by atoms with Crippen molar-refractivity contribution in [2.75, 3.05) is 26.4 Å². The molecule has 0 aliphatic heterocycles. The monoisotopic (exact) mass is 768 g/mol. The smallest absolute Gasteiger partial charge is 0.462 e. The first-order chi connectivity index (χ1) is 25.8. The highest BCUT2D eigenvalue weighted by atomic mass is 31.2. The van der Waals surface area contributed by atoms with Crippen LogP contribution in [0.15, 0.2) is 48.6 Å². The summed E-state index contributed by atoms with van der Waals surface area (Å²) in [5.41, 5.74) is 5.34. The molecule has 0 aromatic rings. The van der Waals surface area contributed by atoms with Crippen LogP contribution in [-0.2, 0) is 32.7 Å². The van der Waals surface area contributed by atoms with Crippen LogP contribution in [0.5, 0.6) is 0 Å². The minimum absolute atomic E-state index is 0.0484. The first-order valence-electron chi connectivity index (χ1n) is 21.1. The number of phosphoric ester groups is 1. The zero-order valence-electron chi connectivity index (χ0n) is 33.7. The topological polar surface area (TPSA) is 134 Å². The number of unbranched alkanes of at least 4 members (excludes halogenated alkanes) is 18. The van der Waals surface area contributed by atoms with Gasteiger partial charge in [-0.2, -0.15) is 0 Å². The number of ether oxygens (including phenoxy) is 2. The summed E-state index contributed by atoms with van der Waals surface area (Å²) >= 11 is 0. The lowest BCUT2D eigenvalue weighted by atomic mass is 10.1. The summed E-state index contributed by atoms with van der Waals surface area (Å²) in [5.74, 6) is -0.855. The predicted octanol–water partition coefficient (Wildman–Crippen LogP) is 11.9. The number of esters is 2. The molecular formula is C43H78NO8P. The van der Waals surface area contributed by atoms with Crippen LogP contribution in [-0.4, -0.2) is 49.3 Å². The van der Waals surface area contributed by atoms with Gasteiger partial charge in [-0.15, -0.1) is 0 Å². The maximum Gasteiger partial charge on any atom is 0.472 e. The van der Waals surface area contributed by atoms with Gasteiger partial charge in [-0.1, -0.05) is 140 Å². The Morgan fingerprint density at radius 3 is 1.51 bits per heavy atom. The molecule has 3 N–H and O–H groups in total. The summed E-state index contributed by atoms with van der Waals surface area (Å²) in [6.07, 6.45) is 44.2. The van der Waals surface area contributed by atoms with E-state index in [4.69, 9.17) is 24.3 Å². The molecule has 0 rings (SSSR count). The Morgan fingerprint density at radius 1 is 0.566 bits per heavy atom. The average Bonchev–Trinajstić information content (AvgIpc) is 3.14. The van der Waals surface area contributed by atoms with Gasteiger partial charge in [0.25, 0.3) is 0 Å². The lowest BCUT2D eigenvalue weighted by Gasteiger charge is -2.19. The van der Waals surface area contributed by atoms with Gasteiger partial charge in [0.1, 0.15) is 6.61 Å². The molecular weight excluding hydrogens is 689 g/mol. The minimum Gasteiger partial charge on any atom is -0.462 e. The Hall–Kier alpha value is -2.03. The van der Waals surface area contributed by atoms with Crippen molar-refractivity contribution in [1.29, 1.82) is 0 Å². The molecule has 0 heterocycles. The molecule has 0 aromatic heterocycles. The van der Waals surface area contributed by atoms with Crippen molar-refractivity contribution < 1.29 is 37.6 Å². The second-order valence-corrected chi connectivity index (χ2v) is 15.3. The Morgan fingerprint density at radius 2 is 0.981 bits per heavy atom. The Balaban J connectivity index is 4.21. The maximum absolute atomic E-state index is 12.6. The Labute approximate surface area is 324 Å². The van der Waals surface area contributed by atoms with E-state index in [1.165, 1.54) is 57.8 Å². The number of allylic oxidation sites excluding steroid dienone is 8. The molecule has 0 radical (unpaired) electrons. The molecule has 0 aliphatic carbocycles. The molecule has 0 aromatic carbocycles. The largest absolute Gasteiger partial charge is 0.472 e. The lowest BCUT2D eigenvalue weighted by Crippen LogP contribution is -2.29. The van der Waals surface area contributed by atoms with Crippen LogP contribution < -0.4 is 5.73 Å². The number of hydrogen-bond donors (Lipinski definition) is 2. The molecule has 1 unspecified atom stereocenters. The molecule has 0 saturated carbocycles. The molecule has 0 fully saturated rings. The number of nitrogens with two attached hydrogens (primary N) is 1. The quantitative estimate of drug-likeness (QED) is 0.0271. The molecule has 308 valence electrons. The molecule has 53 heavy (non-hydrogen) atoms. The SMILES string of the molecule is CCCCC/C=C\C/C=C\C/C=C\CCCCCCCCC(=O)O[C@H](COC(=O)CCCCCCC/C=C\CCCCCC)COP(=O)(O)OCCN. The number of rotatable bonds is 39. The number of carbonyl (C=O) groups is 2. The molecule has 9 nitrogen and oxygen atoms in total. The van der Waals surface area contributed by atoms with Crippen LogP contribution in [0.2, 0.25) is 0 Å². The fourth-order valence-electron chi connectivity index (χ4n) is 5.52. The summed E-state index contributed by atoms with van der Waals surface area (Å²) in [4.78, 5) is 34.8. The van der Waals surface area contributed by atoms with Crippen molar-refractivity contribution >= 4 is 19.8 Å². The van der Waals surface area contributed by atoms with Gasteiger partial charge in [0.2, 0.25) is 0 Å². The number of phosphoric acid groups is 1. The first-order valence-corrected chi connectivity index (χ1v) is 22.6.